The number of hydrogen-bond acceptors (Lipinski definition) is 4. The van der Waals surface area contributed by atoms with Crippen LogP contribution in [0.5, 0.6) is 0 Å². The fourth-order valence-corrected chi connectivity index (χ4v) is 4.84. The van der Waals surface area contributed by atoms with Crippen LogP contribution in [-0.4, -0.2) is 31.7 Å². The normalized spacial score (nSPS) is 20.7. The lowest BCUT2D eigenvalue weighted by Gasteiger charge is -2.16. The predicted molar refractivity (Wildman–Crippen MR) is 79.4 cm³/mol. The molecular formula is C15H18N2O2S. The molecule has 1 unspecified atom stereocenters. The average Bonchev–Trinajstić information content (AvgIpc) is 2.76. The van der Waals surface area contributed by atoms with E-state index in [1.165, 1.54) is 0 Å². The summed E-state index contributed by atoms with van der Waals surface area (Å²) in [5.74, 6) is 0. The summed E-state index contributed by atoms with van der Waals surface area (Å²) in [5.41, 5.74) is 0. The fraction of sp³-hybridized carbons (Fsp3) is 0.400. The van der Waals surface area contributed by atoms with Gasteiger partial charge in [0.25, 0.3) is 0 Å². The van der Waals surface area contributed by atoms with Gasteiger partial charge in [0.1, 0.15) is 0 Å². The van der Waals surface area contributed by atoms with Crippen molar-refractivity contribution in [2.24, 2.45) is 0 Å². The van der Waals surface area contributed by atoms with Crippen molar-refractivity contribution in [1.82, 2.24) is 10.3 Å². The van der Waals surface area contributed by atoms with E-state index in [1.54, 1.807) is 30.6 Å². The van der Waals surface area contributed by atoms with Crippen LogP contribution in [0.2, 0.25) is 0 Å². The van der Waals surface area contributed by atoms with Crippen molar-refractivity contribution in [1.29, 1.82) is 0 Å². The fourth-order valence-electron chi connectivity index (χ4n) is 2.82. The van der Waals surface area contributed by atoms with Crippen LogP contribution in [0.25, 0.3) is 10.8 Å². The first-order valence-electron chi connectivity index (χ1n) is 6.97. The molecule has 1 saturated heterocycles. The molecule has 2 heterocycles. The summed E-state index contributed by atoms with van der Waals surface area (Å²) in [7, 11) is -3.28. The van der Waals surface area contributed by atoms with E-state index in [4.69, 9.17) is 0 Å². The molecule has 1 aromatic heterocycles. The number of hydrogen-bond donors (Lipinski definition) is 1. The van der Waals surface area contributed by atoms with Crippen molar-refractivity contribution in [2.45, 2.75) is 29.4 Å². The van der Waals surface area contributed by atoms with Gasteiger partial charge in [0.2, 0.25) is 0 Å². The average molecular weight is 290 g/mol. The van der Waals surface area contributed by atoms with E-state index in [0.29, 0.717) is 11.3 Å². The smallest absolute Gasteiger partial charge is 0.181 e. The van der Waals surface area contributed by atoms with Crippen LogP contribution in [0, 0.1) is 0 Å². The SMILES string of the molecule is O=S(=O)(c1cccc2cnccc12)C1CCCNCC1. The molecule has 20 heavy (non-hydrogen) atoms. The van der Waals surface area contributed by atoms with E-state index in [-0.39, 0.29) is 5.25 Å². The quantitative estimate of drug-likeness (QED) is 0.920. The molecule has 3 rings (SSSR count). The maximum Gasteiger partial charge on any atom is 0.181 e. The van der Waals surface area contributed by atoms with E-state index in [1.807, 2.05) is 6.07 Å². The van der Waals surface area contributed by atoms with Crippen LogP contribution in [0.4, 0.5) is 0 Å². The van der Waals surface area contributed by atoms with Crippen LogP contribution in [-0.2, 0) is 9.84 Å². The summed E-state index contributed by atoms with van der Waals surface area (Å²) >= 11 is 0. The highest BCUT2D eigenvalue weighted by Gasteiger charge is 2.29. The molecule has 0 saturated carbocycles. The summed E-state index contributed by atoms with van der Waals surface area (Å²) in [5, 5.41) is 4.64. The van der Waals surface area contributed by atoms with E-state index < -0.39 is 9.84 Å². The summed E-state index contributed by atoms with van der Waals surface area (Å²) < 4.78 is 25.8. The molecule has 0 amide bonds. The third-order valence-corrected chi connectivity index (χ3v) is 6.23. The Bertz CT molecular complexity index is 699. The molecule has 0 spiro atoms. The molecule has 1 atom stereocenters. The highest BCUT2D eigenvalue weighted by molar-refractivity contribution is 7.92. The minimum Gasteiger partial charge on any atom is -0.317 e. The van der Waals surface area contributed by atoms with E-state index in [0.717, 1.165) is 36.7 Å². The number of nitrogens with one attached hydrogen (secondary N) is 1. The standard InChI is InChI=1S/C15H18N2O2S/c18-20(19,13-4-2-8-16-9-6-13)15-5-1-3-12-11-17-10-7-14(12)15/h1,3,5,7,10-11,13,16H,2,4,6,8-9H2. The molecule has 1 fully saturated rings. The zero-order valence-electron chi connectivity index (χ0n) is 11.2. The molecule has 4 nitrogen and oxygen atoms in total. The lowest BCUT2D eigenvalue weighted by molar-refractivity contribution is 0.567. The largest absolute Gasteiger partial charge is 0.317 e. The van der Waals surface area contributed by atoms with Gasteiger partial charge in [-0.3, -0.25) is 4.98 Å². The summed E-state index contributed by atoms with van der Waals surface area (Å²) in [4.78, 5) is 4.51. The van der Waals surface area contributed by atoms with E-state index in [9.17, 15) is 8.42 Å². The molecule has 1 aliphatic heterocycles. The first-order valence-corrected chi connectivity index (χ1v) is 8.51. The van der Waals surface area contributed by atoms with Crippen molar-refractivity contribution in [3.8, 4) is 0 Å². The Kier molecular flexibility index (Phi) is 3.72. The Hall–Kier alpha value is -1.46. The third-order valence-electron chi connectivity index (χ3n) is 3.91. The second-order valence-electron chi connectivity index (χ2n) is 5.20. The number of fused-ring (bicyclic) bond motifs is 1. The van der Waals surface area contributed by atoms with Crippen molar-refractivity contribution >= 4 is 20.6 Å². The number of aromatic nitrogens is 1. The Morgan fingerprint density at radius 2 is 2.05 bits per heavy atom. The Morgan fingerprint density at radius 1 is 1.15 bits per heavy atom. The molecule has 1 aromatic carbocycles. The molecule has 2 aromatic rings. The van der Waals surface area contributed by atoms with Gasteiger partial charge in [-0.1, -0.05) is 12.1 Å². The number of pyridine rings is 1. The first kappa shape index (κ1) is 13.5. The molecule has 106 valence electrons. The number of nitrogens with zero attached hydrogens (tertiary/aromatic N) is 1. The van der Waals surface area contributed by atoms with Crippen LogP contribution < -0.4 is 5.32 Å². The van der Waals surface area contributed by atoms with Crippen molar-refractivity contribution in [3.05, 3.63) is 36.7 Å². The maximum atomic E-state index is 12.9. The van der Waals surface area contributed by atoms with Gasteiger partial charge < -0.3 is 5.32 Å². The van der Waals surface area contributed by atoms with Crippen molar-refractivity contribution < 1.29 is 8.42 Å². The van der Waals surface area contributed by atoms with Gasteiger partial charge in [-0.15, -0.1) is 0 Å². The van der Waals surface area contributed by atoms with Gasteiger partial charge in [0, 0.05) is 23.2 Å². The van der Waals surface area contributed by atoms with E-state index in [2.05, 4.69) is 10.3 Å². The summed E-state index contributed by atoms with van der Waals surface area (Å²) in [6.07, 6.45) is 5.69. The van der Waals surface area contributed by atoms with Gasteiger partial charge in [0.15, 0.2) is 9.84 Å². The van der Waals surface area contributed by atoms with Crippen LogP contribution in [0.3, 0.4) is 0 Å². The zero-order chi connectivity index (χ0) is 14.0. The molecule has 1 N–H and O–H groups in total. The molecule has 1 aliphatic rings. The van der Waals surface area contributed by atoms with Crippen LogP contribution >= 0.6 is 0 Å². The minimum absolute atomic E-state index is 0.281. The highest BCUT2D eigenvalue weighted by Crippen LogP contribution is 2.28. The highest BCUT2D eigenvalue weighted by atomic mass is 32.2. The molecule has 0 aliphatic carbocycles. The molecule has 0 bridgehead atoms. The van der Waals surface area contributed by atoms with E-state index >= 15 is 0 Å². The maximum absolute atomic E-state index is 12.9. The third kappa shape index (κ3) is 2.43. The topological polar surface area (TPSA) is 59.1 Å². The summed E-state index contributed by atoms with van der Waals surface area (Å²) in [6, 6.07) is 7.20. The molecular weight excluding hydrogens is 272 g/mol. The van der Waals surface area contributed by atoms with Gasteiger partial charge in [-0.25, -0.2) is 8.42 Å². The monoisotopic (exact) mass is 290 g/mol. The second-order valence-corrected chi connectivity index (χ2v) is 7.40. The first-order chi connectivity index (χ1) is 9.69. The Balaban J connectivity index is 2.09. The number of sulfone groups is 1. The zero-order valence-corrected chi connectivity index (χ0v) is 12.1. The van der Waals surface area contributed by atoms with Gasteiger partial charge >= 0.3 is 0 Å². The van der Waals surface area contributed by atoms with Gasteiger partial charge in [-0.2, -0.15) is 0 Å². The number of rotatable bonds is 2. The Morgan fingerprint density at radius 3 is 2.95 bits per heavy atom. The predicted octanol–water partition coefficient (Wildman–Crippen LogP) is 2.15. The van der Waals surface area contributed by atoms with Crippen molar-refractivity contribution in [3.63, 3.8) is 0 Å². The minimum atomic E-state index is -3.28. The second kappa shape index (κ2) is 5.50. The summed E-state index contributed by atoms with van der Waals surface area (Å²) in [6.45, 7) is 1.68. The lowest BCUT2D eigenvalue weighted by atomic mass is 10.2. The molecule has 5 heteroatoms. The van der Waals surface area contributed by atoms with Crippen LogP contribution in [0.1, 0.15) is 19.3 Å². The van der Waals surface area contributed by atoms with Crippen LogP contribution in [0.15, 0.2) is 41.6 Å². The molecule has 0 radical (unpaired) electrons. The van der Waals surface area contributed by atoms with Gasteiger partial charge in [-0.05, 0) is 44.5 Å². The number of benzene rings is 1. The van der Waals surface area contributed by atoms with Gasteiger partial charge in [0.05, 0.1) is 10.1 Å². The lowest BCUT2D eigenvalue weighted by Crippen LogP contribution is -2.23. The Labute approximate surface area is 119 Å². The van der Waals surface area contributed by atoms with Crippen molar-refractivity contribution in [2.75, 3.05) is 13.1 Å².